The smallest absolute Gasteiger partial charge is 0.335 e. The van der Waals surface area contributed by atoms with Gasteiger partial charge in [0.25, 0.3) is 0 Å². The third kappa shape index (κ3) is 7.34. The van der Waals surface area contributed by atoms with Gasteiger partial charge >= 0.3 is 18.0 Å². The fourth-order valence-corrected chi connectivity index (χ4v) is 0.924. The van der Waals surface area contributed by atoms with Gasteiger partial charge < -0.3 is 26.6 Å². The van der Waals surface area contributed by atoms with Crippen molar-refractivity contribution in [2.75, 3.05) is 18.9 Å². The zero-order chi connectivity index (χ0) is 14.8. The number of hydrogen-bond donors (Lipinski definition) is 5. The number of urea groups is 1. The predicted molar refractivity (Wildman–Crippen MR) is 68.2 cm³/mol. The Morgan fingerprint density at radius 3 is 2.26 bits per heavy atom. The minimum absolute atomic E-state index is 0.138. The number of carbonyl (C=O) groups is 3. The number of carbonyl (C=O) groups excluding carboxylic acids is 1. The summed E-state index contributed by atoms with van der Waals surface area (Å²) in [6.07, 6.45) is 0. The summed E-state index contributed by atoms with van der Waals surface area (Å²) in [6, 6.07) is 5.64. The van der Waals surface area contributed by atoms with Crippen molar-refractivity contribution in [2.45, 2.75) is 0 Å². The molecule has 1 rings (SSSR count). The molecular weight excluding hydrogens is 254 g/mol. The van der Waals surface area contributed by atoms with E-state index in [0.717, 1.165) is 0 Å². The molecule has 1 aromatic carbocycles. The fourth-order valence-electron chi connectivity index (χ4n) is 0.924. The zero-order valence-electron chi connectivity index (χ0n) is 10.2. The summed E-state index contributed by atoms with van der Waals surface area (Å²) in [4.78, 5) is 30.7. The van der Waals surface area contributed by atoms with Gasteiger partial charge in [0.15, 0.2) is 0 Å². The number of hydrogen-bond acceptors (Lipinski definition) is 4. The highest BCUT2D eigenvalue weighted by Crippen LogP contribution is 2.10. The van der Waals surface area contributed by atoms with Crippen molar-refractivity contribution in [2.24, 2.45) is 5.73 Å². The monoisotopic (exact) mass is 269 g/mol. The summed E-state index contributed by atoms with van der Waals surface area (Å²) < 4.78 is 0. The quantitative estimate of drug-likeness (QED) is 0.529. The van der Waals surface area contributed by atoms with Gasteiger partial charge in [-0.15, -0.1) is 0 Å². The van der Waals surface area contributed by atoms with Gasteiger partial charge in [-0.05, 0) is 18.2 Å². The Kier molecular flexibility index (Phi) is 7.31. The van der Waals surface area contributed by atoms with E-state index in [1.54, 1.807) is 12.1 Å². The van der Waals surface area contributed by atoms with Crippen molar-refractivity contribution in [3.63, 3.8) is 0 Å². The molecule has 0 saturated carbocycles. The molecule has 0 aliphatic carbocycles. The van der Waals surface area contributed by atoms with Gasteiger partial charge in [-0.2, -0.15) is 0 Å². The molecule has 0 heterocycles. The molecule has 0 aliphatic rings. The van der Waals surface area contributed by atoms with Gasteiger partial charge in [0.05, 0.1) is 12.1 Å². The van der Waals surface area contributed by atoms with Gasteiger partial charge in [-0.3, -0.25) is 4.79 Å². The van der Waals surface area contributed by atoms with Crippen LogP contribution in [0.1, 0.15) is 10.4 Å². The summed E-state index contributed by atoms with van der Waals surface area (Å²) >= 11 is 0. The second kappa shape index (κ2) is 8.48. The third-order valence-electron chi connectivity index (χ3n) is 1.77. The number of nitrogens with one attached hydrogen (secondary N) is 2. The maximum atomic E-state index is 10.9. The molecule has 2 amide bonds. The van der Waals surface area contributed by atoms with E-state index in [4.69, 9.17) is 10.2 Å². The number of nitrogens with two attached hydrogens (primary N) is 1. The largest absolute Gasteiger partial charge is 0.480 e. The molecule has 1 aromatic rings. The van der Waals surface area contributed by atoms with Crippen LogP contribution in [0.2, 0.25) is 0 Å². The van der Waals surface area contributed by atoms with Gasteiger partial charge in [0.1, 0.15) is 0 Å². The highest BCUT2D eigenvalue weighted by atomic mass is 16.4. The normalized spacial score (nSPS) is 8.74. The third-order valence-corrected chi connectivity index (χ3v) is 1.77. The Labute approximate surface area is 109 Å². The second-order valence-electron chi connectivity index (χ2n) is 3.19. The lowest BCUT2D eigenvalue weighted by molar-refractivity contribution is -0.135. The Bertz CT molecular complexity index is 461. The highest BCUT2D eigenvalue weighted by molar-refractivity contribution is 5.92. The lowest BCUT2D eigenvalue weighted by atomic mass is 10.2. The van der Waals surface area contributed by atoms with E-state index < -0.39 is 11.9 Å². The van der Waals surface area contributed by atoms with Crippen molar-refractivity contribution in [3.05, 3.63) is 29.8 Å². The van der Waals surface area contributed by atoms with E-state index >= 15 is 0 Å². The standard InChI is InChI=1S/C9H10N2O3.C2H5NO2/c1-10-9(14)11-7-4-2-3-6(5-7)8(12)13;3-1-2(4)5/h2-5H,1H3,(H,12,13)(H2,10,11,14);1,3H2,(H,4,5). The summed E-state index contributed by atoms with van der Waals surface area (Å²) in [7, 11) is 1.48. The lowest BCUT2D eigenvalue weighted by Crippen LogP contribution is -2.24. The summed E-state index contributed by atoms with van der Waals surface area (Å²) in [5.41, 5.74) is 5.16. The topological polar surface area (TPSA) is 142 Å². The van der Waals surface area contributed by atoms with Crippen LogP contribution < -0.4 is 16.4 Å². The number of aromatic carboxylic acids is 1. The van der Waals surface area contributed by atoms with Crippen LogP contribution in [-0.4, -0.2) is 41.8 Å². The highest BCUT2D eigenvalue weighted by Gasteiger charge is 2.04. The molecule has 8 nitrogen and oxygen atoms in total. The van der Waals surface area contributed by atoms with Crippen LogP contribution in [0.4, 0.5) is 10.5 Å². The Balaban J connectivity index is 0.000000555. The van der Waals surface area contributed by atoms with E-state index in [2.05, 4.69) is 16.4 Å². The number of benzene rings is 1. The van der Waals surface area contributed by atoms with Gasteiger partial charge in [-0.25, -0.2) is 9.59 Å². The summed E-state index contributed by atoms with van der Waals surface area (Å²) in [5.74, 6) is -1.99. The number of rotatable bonds is 3. The Hall–Kier alpha value is -2.61. The van der Waals surface area contributed by atoms with Crippen LogP contribution in [0.25, 0.3) is 0 Å². The zero-order valence-corrected chi connectivity index (χ0v) is 10.2. The first-order valence-corrected chi connectivity index (χ1v) is 5.14. The van der Waals surface area contributed by atoms with Crippen LogP contribution in [0.15, 0.2) is 24.3 Å². The van der Waals surface area contributed by atoms with Gasteiger partial charge in [0, 0.05) is 12.7 Å². The molecular formula is C11H15N3O5. The van der Waals surface area contributed by atoms with Crippen molar-refractivity contribution in [3.8, 4) is 0 Å². The SMILES string of the molecule is CNC(=O)Nc1cccc(C(=O)O)c1.NCC(=O)O. The molecule has 8 heteroatoms. The first-order valence-electron chi connectivity index (χ1n) is 5.14. The summed E-state index contributed by atoms with van der Waals surface area (Å²) in [6.45, 7) is -0.278. The first kappa shape index (κ1) is 16.4. The van der Waals surface area contributed by atoms with Crippen molar-refractivity contribution < 1.29 is 24.6 Å². The molecule has 104 valence electrons. The molecule has 0 radical (unpaired) electrons. The fraction of sp³-hybridized carbons (Fsp3) is 0.182. The van der Waals surface area contributed by atoms with E-state index in [0.29, 0.717) is 5.69 Å². The lowest BCUT2D eigenvalue weighted by Gasteiger charge is -2.04. The van der Waals surface area contributed by atoms with Crippen LogP contribution >= 0.6 is 0 Å². The average molecular weight is 269 g/mol. The first-order chi connectivity index (χ1) is 8.90. The van der Waals surface area contributed by atoms with Crippen LogP contribution in [0.5, 0.6) is 0 Å². The van der Waals surface area contributed by atoms with E-state index in [1.807, 2.05) is 0 Å². The molecule has 0 bridgehead atoms. The number of anilines is 1. The molecule has 0 fully saturated rings. The molecule has 0 atom stereocenters. The van der Waals surface area contributed by atoms with Crippen molar-refractivity contribution >= 4 is 23.7 Å². The maximum absolute atomic E-state index is 10.9. The number of carboxylic acid groups (broad SMARTS) is 2. The molecule has 0 spiro atoms. The predicted octanol–water partition coefficient (Wildman–Crippen LogP) is 0.166. The van der Waals surface area contributed by atoms with Crippen LogP contribution in [0.3, 0.4) is 0 Å². The maximum Gasteiger partial charge on any atom is 0.335 e. The number of amides is 2. The molecule has 0 aliphatic heterocycles. The van der Waals surface area contributed by atoms with Crippen molar-refractivity contribution in [1.82, 2.24) is 5.32 Å². The van der Waals surface area contributed by atoms with E-state index in [1.165, 1.54) is 19.2 Å². The second-order valence-corrected chi connectivity index (χ2v) is 3.19. The van der Waals surface area contributed by atoms with Gasteiger partial charge in [-0.1, -0.05) is 6.07 Å². The minimum Gasteiger partial charge on any atom is -0.480 e. The Morgan fingerprint density at radius 2 is 1.84 bits per heavy atom. The molecule has 0 unspecified atom stereocenters. The molecule has 6 N–H and O–H groups in total. The number of aliphatic carboxylic acids is 1. The minimum atomic E-state index is -1.02. The molecule has 19 heavy (non-hydrogen) atoms. The van der Waals surface area contributed by atoms with Crippen LogP contribution in [-0.2, 0) is 4.79 Å². The van der Waals surface area contributed by atoms with Gasteiger partial charge in [0.2, 0.25) is 0 Å². The van der Waals surface area contributed by atoms with E-state index in [-0.39, 0.29) is 18.1 Å². The molecule has 0 saturated heterocycles. The average Bonchev–Trinajstić information content (AvgIpc) is 2.39. The van der Waals surface area contributed by atoms with Crippen molar-refractivity contribution in [1.29, 1.82) is 0 Å². The summed E-state index contributed by atoms with van der Waals surface area (Å²) in [5, 5.41) is 21.1. The van der Waals surface area contributed by atoms with E-state index in [9.17, 15) is 14.4 Å². The molecule has 0 aromatic heterocycles. The number of carboxylic acids is 2. The van der Waals surface area contributed by atoms with Crippen LogP contribution in [0, 0.1) is 0 Å². The Morgan fingerprint density at radius 1 is 1.26 bits per heavy atom.